The van der Waals surface area contributed by atoms with E-state index in [4.69, 9.17) is 4.74 Å². The van der Waals surface area contributed by atoms with Crippen molar-refractivity contribution in [2.45, 2.75) is 18.9 Å². The average Bonchev–Trinajstić information content (AvgIpc) is 2.55. The Kier molecular flexibility index (Phi) is 6.49. The maximum Gasteiger partial charge on any atom is 0.328 e. The van der Waals surface area contributed by atoms with Crippen LogP contribution in [0.3, 0.4) is 0 Å². The maximum absolute atomic E-state index is 13.2. The Labute approximate surface area is 148 Å². The molecule has 0 aliphatic carbocycles. The number of halogens is 2. The van der Waals surface area contributed by atoms with Gasteiger partial charge in [-0.25, -0.2) is 9.18 Å². The number of esters is 1. The molecule has 1 atom stereocenters. The molecule has 0 unspecified atom stereocenters. The number of carbonyl (C=O) groups excluding carboxylic acids is 2. The molecule has 0 fully saturated rings. The lowest BCUT2D eigenvalue weighted by Gasteiger charge is -2.17. The van der Waals surface area contributed by atoms with Crippen LogP contribution in [-0.4, -0.2) is 25.0 Å². The fraction of sp³-hybridized carbons (Fsp3) is 0.222. The van der Waals surface area contributed by atoms with Crippen molar-refractivity contribution >= 4 is 27.8 Å². The average molecular weight is 394 g/mol. The summed E-state index contributed by atoms with van der Waals surface area (Å²) in [7, 11) is 1.27. The topological polar surface area (TPSA) is 55.4 Å². The van der Waals surface area contributed by atoms with Crippen molar-refractivity contribution in [3.05, 3.63) is 69.9 Å². The molecule has 0 radical (unpaired) electrons. The van der Waals surface area contributed by atoms with E-state index in [0.29, 0.717) is 12.0 Å². The number of nitrogens with one attached hydrogen (secondary N) is 1. The van der Waals surface area contributed by atoms with E-state index in [1.807, 2.05) is 24.3 Å². The van der Waals surface area contributed by atoms with Gasteiger partial charge in [0.25, 0.3) is 0 Å². The lowest BCUT2D eigenvalue weighted by Crippen LogP contribution is -2.43. The van der Waals surface area contributed by atoms with Crippen LogP contribution in [0.25, 0.3) is 0 Å². The van der Waals surface area contributed by atoms with E-state index in [9.17, 15) is 14.0 Å². The molecule has 2 aromatic carbocycles. The first-order chi connectivity index (χ1) is 11.5. The molecule has 0 aliphatic heterocycles. The molecule has 2 rings (SSSR count). The molecule has 0 saturated carbocycles. The van der Waals surface area contributed by atoms with Gasteiger partial charge in [0.05, 0.1) is 13.5 Å². The Morgan fingerprint density at radius 3 is 2.50 bits per heavy atom. The number of benzene rings is 2. The first-order valence-corrected chi connectivity index (χ1v) is 8.13. The van der Waals surface area contributed by atoms with Crippen molar-refractivity contribution < 1.29 is 18.7 Å². The van der Waals surface area contributed by atoms with Crippen LogP contribution in [0.1, 0.15) is 11.1 Å². The summed E-state index contributed by atoms with van der Waals surface area (Å²) in [6.45, 7) is 0. The number of carbonyl (C=O) groups is 2. The molecule has 0 saturated heterocycles. The minimum Gasteiger partial charge on any atom is -0.467 e. The first kappa shape index (κ1) is 18.1. The van der Waals surface area contributed by atoms with Gasteiger partial charge in [-0.15, -0.1) is 0 Å². The van der Waals surface area contributed by atoms with Gasteiger partial charge >= 0.3 is 5.97 Å². The Balaban J connectivity index is 2.03. The van der Waals surface area contributed by atoms with Crippen LogP contribution in [0.4, 0.5) is 4.39 Å². The molecular weight excluding hydrogens is 377 g/mol. The van der Waals surface area contributed by atoms with Crippen molar-refractivity contribution in [2.75, 3.05) is 7.11 Å². The van der Waals surface area contributed by atoms with Gasteiger partial charge in [-0.1, -0.05) is 40.2 Å². The smallest absolute Gasteiger partial charge is 0.328 e. The number of rotatable bonds is 6. The third-order valence-electron chi connectivity index (χ3n) is 3.43. The molecule has 4 nitrogen and oxygen atoms in total. The van der Waals surface area contributed by atoms with Gasteiger partial charge in [0.2, 0.25) is 5.91 Å². The number of hydrogen-bond donors (Lipinski definition) is 1. The molecule has 24 heavy (non-hydrogen) atoms. The normalized spacial score (nSPS) is 11.6. The Morgan fingerprint density at radius 1 is 1.17 bits per heavy atom. The molecule has 0 bridgehead atoms. The van der Waals surface area contributed by atoms with Gasteiger partial charge in [0, 0.05) is 10.9 Å². The summed E-state index contributed by atoms with van der Waals surface area (Å²) in [4.78, 5) is 24.1. The summed E-state index contributed by atoms with van der Waals surface area (Å²) in [5.74, 6) is -1.29. The van der Waals surface area contributed by atoms with Crippen LogP contribution >= 0.6 is 15.9 Å². The second-order valence-corrected chi connectivity index (χ2v) is 6.20. The summed E-state index contributed by atoms with van der Waals surface area (Å²) in [5, 5.41) is 2.65. The summed E-state index contributed by atoms with van der Waals surface area (Å²) in [5.41, 5.74) is 1.43. The molecular formula is C18H17BrFNO3. The Bertz CT molecular complexity index is 718. The van der Waals surface area contributed by atoms with E-state index in [1.165, 1.54) is 25.3 Å². The number of hydrogen-bond acceptors (Lipinski definition) is 3. The van der Waals surface area contributed by atoms with Crippen LogP contribution in [-0.2, 0) is 27.2 Å². The van der Waals surface area contributed by atoms with Crippen molar-refractivity contribution in [1.29, 1.82) is 0 Å². The lowest BCUT2D eigenvalue weighted by atomic mass is 10.1. The summed E-state index contributed by atoms with van der Waals surface area (Å²) >= 11 is 3.35. The second-order valence-electron chi connectivity index (χ2n) is 5.28. The fourth-order valence-corrected chi connectivity index (χ4v) is 2.53. The van der Waals surface area contributed by atoms with Crippen molar-refractivity contribution in [1.82, 2.24) is 5.32 Å². The predicted molar refractivity (Wildman–Crippen MR) is 91.9 cm³/mol. The monoisotopic (exact) mass is 393 g/mol. The van der Waals surface area contributed by atoms with Crippen LogP contribution in [0.5, 0.6) is 0 Å². The second kappa shape index (κ2) is 8.59. The maximum atomic E-state index is 13.2. The largest absolute Gasteiger partial charge is 0.467 e. The third-order valence-corrected chi connectivity index (χ3v) is 3.96. The Hall–Kier alpha value is -2.21. The molecule has 126 valence electrons. The van der Waals surface area contributed by atoms with Crippen molar-refractivity contribution in [3.63, 3.8) is 0 Å². The van der Waals surface area contributed by atoms with Crippen LogP contribution in [0.15, 0.2) is 53.0 Å². The highest BCUT2D eigenvalue weighted by Gasteiger charge is 2.22. The van der Waals surface area contributed by atoms with Gasteiger partial charge in [0.1, 0.15) is 11.9 Å². The van der Waals surface area contributed by atoms with Gasteiger partial charge in [0.15, 0.2) is 0 Å². The van der Waals surface area contributed by atoms with E-state index in [-0.39, 0.29) is 12.3 Å². The molecule has 0 aromatic heterocycles. The summed E-state index contributed by atoms with van der Waals surface area (Å²) in [6.07, 6.45) is 0.306. The fourth-order valence-electron chi connectivity index (χ4n) is 2.27. The highest BCUT2D eigenvalue weighted by atomic mass is 79.9. The highest BCUT2D eigenvalue weighted by Crippen LogP contribution is 2.12. The van der Waals surface area contributed by atoms with Gasteiger partial charge < -0.3 is 10.1 Å². The molecule has 0 heterocycles. The first-order valence-electron chi connectivity index (χ1n) is 7.34. The molecule has 0 aliphatic rings. The number of ether oxygens (including phenoxy) is 1. The molecule has 0 spiro atoms. The van der Waals surface area contributed by atoms with E-state index < -0.39 is 17.8 Å². The SMILES string of the molecule is COC(=O)[C@@H](Cc1ccc(Br)cc1)NC(=O)Cc1cccc(F)c1. The summed E-state index contributed by atoms with van der Waals surface area (Å²) < 4.78 is 18.9. The van der Waals surface area contributed by atoms with Crippen LogP contribution in [0.2, 0.25) is 0 Å². The zero-order valence-corrected chi connectivity index (χ0v) is 14.7. The standard InChI is InChI=1S/C18H17BrFNO3/c1-24-18(23)16(10-12-5-7-14(19)8-6-12)21-17(22)11-13-3-2-4-15(20)9-13/h2-9,16H,10-11H2,1H3,(H,21,22)/t16-/m1/s1. The van der Waals surface area contributed by atoms with Gasteiger partial charge in [-0.3, -0.25) is 4.79 Å². The number of amides is 1. The molecule has 2 aromatic rings. The van der Waals surface area contributed by atoms with Crippen LogP contribution in [0, 0.1) is 5.82 Å². The van der Waals surface area contributed by atoms with E-state index in [1.54, 1.807) is 6.07 Å². The van der Waals surface area contributed by atoms with E-state index in [0.717, 1.165) is 10.0 Å². The van der Waals surface area contributed by atoms with Gasteiger partial charge in [-0.2, -0.15) is 0 Å². The highest BCUT2D eigenvalue weighted by molar-refractivity contribution is 9.10. The third kappa shape index (κ3) is 5.45. The molecule has 1 N–H and O–H groups in total. The number of methoxy groups -OCH3 is 1. The lowest BCUT2D eigenvalue weighted by molar-refractivity contribution is -0.145. The van der Waals surface area contributed by atoms with Crippen molar-refractivity contribution in [2.24, 2.45) is 0 Å². The minimum atomic E-state index is -0.794. The zero-order valence-electron chi connectivity index (χ0n) is 13.1. The minimum absolute atomic E-state index is 0.00834. The van der Waals surface area contributed by atoms with Gasteiger partial charge in [-0.05, 0) is 35.4 Å². The van der Waals surface area contributed by atoms with Crippen molar-refractivity contribution in [3.8, 4) is 0 Å². The zero-order chi connectivity index (χ0) is 17.5. The summed E-state index contributed by atoms with van der Waals surface area (Å²) in [6, 6.07) is 12.4. The Morgan fingerprint density at radius 2 is 1.88 bits per heavy atom. The van der Waals surface area contributed by atoms with E-state index in [2.05, 4.69) is 21.2 Å². The molecule has 6 heteroatoms. The van der Waals surface area contributed by atoms with E-state index >= 15 is 0 Å². The molecule has 1 amide bonds. The predicted octanol–water partition coefficient (Wildman–Crippen LogP) is 3.03. The quantitative estimate of drug-likeness (QED) is 0.767. The van der Waals surface area contributed by atoms with Crippen LogP contribution < -0.4 is 5.32 Å².